The molecule has 0 fully saturated rings. The summed E-state index contributed by atoms with van der Waals surface area (Å²) in [6.07, 6.45) is 5.67. The van der Waals surface area contributed by atoms with Crippen molar-refractivity contribution in [3.05, 3.63) is 70.1 Å². The largest absolute Gasteiger partial charge is 0.507 e. The van der Waals surface area contributed by atoms with Gasteiger partial charge in [-0.05, 0) is 63.4 Å². The number of methoxy groups -OCH3 is 1. The smallest absolute Gasteiger partial charge is 0.342 e. The molecule has 29 heavy (non-hydrogen) atoms. The summed E-state index contributed by atoms with van der Waals surface area (Å²) >= 11 is 0. The number of hydrogen-bond acceptors (Lipinski definition) is 4. The highest BCUT2D eigenvalue weighted by Crippen LogP contribution is 2.37. The predicted molar refractivity (Wildman–Crippen MR) is 114 cm³/mol. The fraction of sp³-hybridized carbons (Fsp3) is 0.292. The Morgan fingerprint density at radius 2 is 1.83 bits per heavy atom. The number of carbonyl (C=O) groups excluding carboxylic acids is 1. The SMILES string of the molecule is COC(=O)c1c(C=Cc2ccc(F)cc2)cc(OC(C)C)c(CC=C(C)C)c1O. The van der Waals surface area contributed by atoms with Gasteiger partial charge in [0.2, 0.25) is 0 Å². The summed E-state index contributed by atoms with van der Waals surface area (Å²) in [4.78, 5) is 12.4. The summed E-state index contributed by atoms with van der Waals surface area (Å²) < 4.78 is 23.9. The molecule has 0 aliphatic rings. The lowest BCUT2D eigenvalue weighted by Crippen LogP contribution is -2.11. The van der Waals surface area contributed by atoms with Crippen molar-refractivity contribution in [2.45, 2.75) is 40.2 Å². The number of halogens is 1. The molecule has 0 unspecified atom stereocenters. The fourth-order valence-electron chi connectivity index (χ4n) is 2.78. The molecule has 2 rings (SSSR count). The van der Waals surface area contributed by atoms with Crippen LogP contribution in [0.5, 0.6) is 11.5 Å². The maximum atomic E-state index is 13.1. The summed E-state index contributed by atoms with van der Waals surface area (Å²) in [6, 6.07) is 7.68. The minimum Gasteiger partial charge on any atom is -0.507 e. The molecule has 0 saturated carbocycles. The van der Waals surface area contributed by atoms with E-state index in [0.717, 1.165) is 11.1 Å². The van der Waals surface area contributed by atoms with Gasteiger partial charge in [0, 0.05) is 5.56 Å². The molecule has 2 aromatic carbocycles. The molecule has 5 heteroatoms. The van der Waals surface area contributed by atoms with E-state index in [1.807, 2.05) is 33.8 Å². The Morgan fingerprint density at radius 1 is 1.17 bits per heavy atom. The third-order valence-electron chi connectivity index (χ3n) is 4.19. The van der Waals surface area contributed by atoms with E-state index in [9.17, 15) is 14.3 Å². The molecule has 0 amide bonds. The van der Waals surface area contributed by atoms with Crippen molar-refractivity contribution in [1.82, 2.24) is 0 Å². The summed E-state index contributed by atoms with van der Waals surface area (Å²) in [6.45, 7) is 7.70. The number of ether oxygens (including phenoxy) is 2. The molecule has 0 aromatic heterocycles. The number of benzene rings is 2. The number of aromatic hydroxyl groups is 1. The zero-order valence-electron chi connectivity index (χ0n) is 17.5. The highest BCUT2D eigenvalue weighted by Gasteiger charge is 2.23. The topological polar surface area (TPSA) is 55.8 Å². The number of hydrogen-bond donors (Lipinski definition) is 1. The van der Waals surface area contributed by atoms with Gasteiger partial charge in [0.25, 0.3) is 0 Å². The molecule has 0 atom stereocenters. The molecular formula is C24H27FO4. The first-order valence-corrected chi connectivity index (χ1v) is 9.43. The van der Waals surface area contributed by atoms with Gasteiger partial charge < -0.3 is 14.6 Å². The maximum Gasteiger partial charge on any atom is 0.342 e. The average Bonchev–Trinajstić information content (AvgIpc) is 2.66. The molecule has 0 spiro atoms. The molecule has 0 heterocycles. The number of esters is 1. The lowest BCUT2D eigenvalue weighted by Gasteiger charge is -2.18. The molecule has 1 N–H and O–H groups in total. The number of carbonyl (C=O) groups is 1. The average molecular weight is 398 g/mol. The van der Waals surface area contributed by atoms with Crippen LogP contribution >= 0.6 is 0 Å². The Hall–Kier alpha value is -3.08. The van der Waals surface area contributed by atoms with Crippen molar-refractivity contribution in [1.29, 1.82) is 0 Å². The van der Waals surface area contributed by atoms with Crippen molar-refractivity contribution in [3.63, 3.8) is 0 Å². The normalized spacial score (nSPS) is 11.0. The maximum absolute atomic E-state index is 13.1. The lowest BCUT2D eigenvalue weighted by molar-refractivity contribution is 0.0597. The van der Waals surface area contributed by atoms with Gasteiger partial charge >= 0.3 is 5.97 Å². The molecule has 0 saturated heterocycles. The molecular weight excluding hydrogens is 371 g/mol. The van der Waals surface area contributed by atoms with Crippen LogP contribution in [0.4, 0.5) is 4.39 Å². The Labute approximate surface area is 171 Å². The van der Waals surface area contributed by atoms with Crippen molar-refractivity contribution >= 4 is 18.1 Å². The van der Waals surface area contributed by atoms with E-state index in [1.54, 1.807) is 30.4 Å². The van der Waals surface area contributed by atoms with Gasteiger partial charge in [-0.1, -0.05) is 35.9 Å². The summed E-state index contributed by atoms with van der Waals surface area (Å²) in [7, 11) is 1.27. The van der Waals surface area contributed by atoms with Crippen LogP contribution in [-0.4, -0.2) is 24.3 Å². The second-order valence-corrected chi connectivity index (χ2v) is 7.19. The second kappa shape index (κ2) is 9.92. The Bertz CT molecular complexity index is 921. The van der Waals surface area contributed by atoms with Gasteiger partial charge in [0.15, 0.2) is 0 Å². The quantitative estimate of drug-likeness (QED) is 0.365. The zero-order valence-corrected chi connectivity index (χ0v) is 17.5. The van der Waals surface area contributed by atoms with Gasteiger partial charge in [0.1, 0.15) is 22.9 Å². The number of phenolic OH excluding ortho intramolecular Hbond substituents is 1. The Morgan fingerprint density at radius 3 is 2.38 bits per heavy atom. The van der Waals surface area contributed by atoms with Crippen molar-refractivity contribution in [2.75, 3.05) is 7.11 Å². The van der Waals surface area contributed by atoms with Crippen LogP contribution in [0.2, 0.25) is 0 Å². The van der Waals surface area contributed by atoms with E-state index in [-0.39, 0.29) is 23.2 Å². The van der Waals surface area contributed by atoms with E-state index in [4.69, 9.17) is 9.47 Å². The van der Waals surface area contributed by atoms with Crippen LogP contribution in [-0.2, 0) is 11.2 Å². The van der Waals surface area contributed by atoms with Gasteiger partial charge in [-0.15, -0.1) is 0 Å². The van der Waals surface area contributed by atoms with Crippen molar-refractivity contribution < 1.29 is 23.8 Å². The van der Waals surface area contributed by atoms with Gasteiger partial charge in [-0.2, -0.15) is 0 Å². The van der Waals surface area contributed by atoms with E-state index < -0.39 is 5.97 Å². The molecule has 0 bridgehead atoms. The third-order valence-corrected chi connectivity index (χ3v) is 4.19. The van der Waals surface area contributed by atoms with Crippen LogP contribution in [0.25, 0.3) is 12.2 Å². The second-order valence-electron chi connectivity index (χ2n) is 7.19. The Balaban J connectivity index is 2.63. The molecule has 154 valence electrons. The highest BCUT2D eigenvalue weighted by atomic mass is 19.1. The first kappa shape index (κ1) is 22.2. The molecule has 0 aliphatic heterocycles. The summed E-state index contributed by atoms with van der Waals surface area (Å²) in [5.74, 6) is -0.630. The number of rotatable bonds is 7. The van der Waals surface area contributed by atoms with Crippen LogP contribution in [0.3, 0.4) is 0 Å². The third kappa shape index (κ3) is 5.95. The van der Waals surface area contributed by atoms with Crippen molar-refractivity contribution in [3.8, 4) is 11.5 Å². The van der Waals surface area contributed by atoms with Crippen LogP contribution in [0.1, 0.15) is 54.7 Å². The van der Waals surface area contributed by atoms with Gasteiger partial charge in [-0.3, -0.25) is 0 Å². The molecule has 0 aliphatic carbocycles. The Kier molecular flexibility index (Phi) is 7.59. The van der Waals surface area contributed by atoms with Crippen molar-refractivity contribution in [2.24, 2.45) is 0 Å². The van der Waals surface area contributed by atoms with Crippen LogP contribution < -0.4 is 4.74 Å². The van der Waals surface area contributed by atoms with Gasteiger partial charge in [0.05, 0.1) is 13.2 Å². The fourth-order valence-corrected chi connectivity index (χ4v) is 2.78. The highest BCUT2D eigenvalue weighted by molar-refractivity contribution is 5.98. The zero-order chi connectivity index (χ0) is 21.6. The van der Waals surface area contributed by atoms with Gasteiger partial charge in [-0.25, -0.2) is 9.18 Å². The first-order valence-electron chi connectivity index (χ1n) is 9.43. The monoisotopic (exact) mass is 398 g/mol. The minimum atomic E-state index is -0.643. The van der Waals surface area contributed by atoms with Crippen LogP contribution in [0, 0.1) is 5.82 Å². The first-order chi connectivity index (χ1) is 13.7. The van der Waals surface area contributed by atoms with E-state index in [1.165, 1.54) is 19.2 Å². The van der Waals surface area contributed by atoms with E-state index in [0.29, 0.717) is 23.3 Å². The lowest BCUT2D eigenvalue weighted by atomic mass is 9.97. The standard InChI is InChI=1S/C24H27FO4/c1-15(2)6-13-20-21(29-16(3)4)14-18(22(23(20)26)24(27)28-5)10-7-17-8-11-19(25)12-9-17/h6-12,14,16,26H,13H2,1-5H3. The molecule has 0 radical (unpaired) electrons. The number of allylic oxidation sites excluding steroid dienone is 2. The van der Waals surface area contributed by atoms with Crippen LogP contribution in [0.15, 0.2) is 42.0 Å². The van der Waals surface area contributed by atoms with E-state index >= 15 is 0 Å². The molecule has 4 nitrogen and oxygen atoms in total. The summed E-state index contributed by atoms with van der Waals surface area (Å²) in [5.41, 5.74) is 2.88. The predicted octanol–water partition coefficient (Wildman–Crippen LogP) is 5.78. The van der Waals surface area contributed by atoms with E-state index in [2.05, 4.69) is 0 Å². The summed E-state index contributed by atoms with van der Waals surface area (Å²) in [5, 5.41) is 10.9. The molecule has 2 aromatic rings. The number of phenols is 1. The minimum absolute atomic E-state index is 0.0686.